The lowest BCUT2D eigenvalue weighted by Gasteiger charge is -2.05. The Kier molecular flexibility index (Phi) is 3.46. The zero-order chi connectivity index (χ0) is 14.1. The molecule has 0 saturated heterocycles. The number of carbonyl (C=O) groups is 1. The summed E-state index contributed by atoms with van der Waals surface area (Å²) in [5.41, 5.74) is 2.82. The summed E-state index contributed by atoms with van der Waals surface area (Å²) in [5.74, 6) is -0.164. The van der Waals surface area contributed by atoms with E-state index in [0.717, 1.165) is 15.5 Å². The highest BCUT2D eigenvalue weighted by atomic mass is 79.9. The second-order valence-corrected chi connectivity index (χ2v) is 5.49. The number of imidazole rings is 1. The van der Waals surface area contributed by atoms with E-state index in [9.17, 15) is 4.79 Å². The molecular weight excluding hydrogens is 342 g/mol. The number of amides is 1. The van der Waals surface area contributed by atoms with Crippen molar-refractivity contribution in [3.8, 4) is 0 Å². The number of halogens is 2. The topological polar surface area (TPSA) is 57.8 Å². The van der Waals surface area contributed by atoms with Crippen LogP contribution in [-0.2, 0) is 0 Å². The van der Waals surface area contributed by atoms with E-state index in [1.807, 2.05) is 12.1 Å². The largest absolute Gasteiger partial charge is 0.329 e. The summed E-state index contributed by atoms with van der Waals surface area (Å²) in [6, 6.07) is 12.5. The van der Waals surface area contributed by atoms with E-state index >= 15 is 0 Å². The Labute approximate surface area is 128 Å². The second-order valence-electron chi connectivity index (χ2n) is 4.22. The van der Waals surface area contributed by atoms with Crippen molar-refractivity contribution in [3.05, 3.63) is 57.8 Å². The first-order chi connectivity index (χ1) is 9.61. The Hall–Kier alpha value is -1.85. The van der Waals surface area contributed by atoms with Crippen LogP contribution in [0.4, 0.5) is 5.69 Å². The van der Waals surface area contributed by atoms with Gasteiger partial charge in [0.1, 0.15) is 0 Å². The van der Waals surface area contributed by atoms with Crippen molar-refractivity contribution in [2.75, 3.05) is 5.32 Å². The molecule has 1 aromatic heterocycles. The SMILES string of the molecule is O=C(Nc1ccc2nc(Cl)[nH]c2c1)c1ccc(Br)cc1. The lowest BCUT2D eigenvalue weighted by Crippen LogP contribution is -2.11. The standard InChI is InChI=1S/C14H9BrClN3O/c15-9-3-1-8(2-4-9)13(20)17-10-5-6-11-12(7-10)19-14(16)18-11/h1-7H,(H,17,20)(H,18,19). The van der Waals surface area contributed by atoms with Gasteiger partial charge >= 0.3 is 0 Å². The molecule has 2 N–H and O–H groups in total. The average Bonchev–Trinajstić information content (AvgIpc) is 2.78. The van der Waals surface area contributed by atoms with Crippen molar-refractivity contribution in [2.24, 2.45) is 0 Å². The van der Waals surface area contributed by atoms with Crippen LogP contribution < -0.4 is 5.32 Å². The molecule has 2 aromatic carbocycles. The zero-order valence-electron chi connectivity index (χ0n) is 10.2. The van der Waals surface area contributed by atoms with Crippen LogP contribution in [0.2, 0.25) is 5.28 Å². The number of aromatic nitrogens is 2. The number of carbonyl (C=O) groups excluding carboxylic acids is 1. The highest BCUT2D eigenvalue weighted by molar-refractivity contribution is 9.10. The van der Waals surface area contributed by atoms with E-state index in [2.05, 4.69) is 31.2 Å². The minimum absolute atomic E-state index is 0.164. The minimum Gasteiger partial charge on any atom is -0.329 e. The average molecular weight is 351 g/mol. The molecule has 0 unspecified atom stereocenters. The smallest absolute Gasteiger partial charge is 0.255 e. The first-order valence-corrected chi connectivity index (χ1v) is 7.01. The first-order valence-electron chi connectivity index (χ1n) is 5.84. The first kappa shape index (κ1) is 13.1. The van der Waals surface area contributed by atoms with Gasteiger partial charge in [-0.1, -0.05) is 15.9 Å². The van der Waals surface area contributed by atoms with Gasteiger partial charge < -0.3 is 10.3 Å². The van der Waals surface area contributed by atoms with Gasteiger partial charge in [-0.2, -0.15) is 0 Å². The molecule has 1 amide bonds. The van der Waals surface area contributed by atoms with E-state index in [-0.39, 0.29) is 5.91 Å². The number of benzene rings is 2. The number of H-pyrrole nitrogens is 1. The molecule has 0 saturated carbocycles. The molecule has 4 nitrogen and oxygen atoms in total. The van der Waals surface area contributed by atoms with E-state index in [4.69, 9.17) is 11.6 Å². The predicted octanol–water partition coefficient (Wildman–Crippen LogP) is 4.23. The molecular formula is C14H9BrClN3O. The van der Waals surface area contributed by atoms with Gasteiger partial charge in [-0.05, 0) is 54.1 Å². The van der Waals surface area contributed by atoms with E-state index in [1.165, 1.54) is 0 Å². The van der Waals surface area contributed by atoms with Gasteiger partial charge in [-0.25, -0.2) is 4.98 Å². The van der Waals surface area contributed by atoms with Gasteiger partial charge in [-0.3, -0.25) is 4.79 Å². The maximum Gasteiger partial charge on any atom is 0.255 e. The second kappa shape index (κ2) is 5.26. The molecule has 20 heavy (non-hydrogen) atoms. The van der Waals surface area contributed by atoms with E-state index in [0.29, 0.717) is 16.5 Å². The third kappa shape index (κ3) is 2.69. The van der Waals surface area contributed by atoms with Gasteiger partial charge in [0.2, 0.25) is 5.28 Å². The lowest BCUT2D eigenvalue weighted by atomic mass is 10.2. The van der Waals surface area contributed by atoms with Gasteiger partial charge in [-0.15, -0.1) is 0 Å². The molecule has 3 aromatic rings. The Morgan fingerprint density at radius 3 is 2.70 bits per heavy atom. The molecule has 3 rings (SSSR count). The van der Waals surface area contributed by atoms with Crippen LogP contribution in [0.5, 0.6) is 0 Å². The molecule has 6 heteroatoms. The fraction of sp³-hybridized carbons (Fsp3) is 0. The fourth-order valence-electron chi connectivity index (χ4n) is 1.86. The summed E-state index contributed by atoms with van der Waals surface area (Å²) in [6.45, 7) is 0. The van der Waals surface area contributed by atoms with Crippen LogP contribution >= 0.6 is 27.5 Å². The predicted molar refractivity (Wildman–Crippen MR) is 83.2 cm³/mol. The van der Waals surface area contributed by atoms with Crippen molar-refractivity contribution < 1.29 is 4.79 Å². The summed E-state index contributed by atoms with van der Waals surface area (Å²) >= 11 is 9.13. The maximum atomic E-state index is 12.1. The van der Waals surface area contributed by atoms with E-state index < -0.39 is 0 Å². The van der Waals surface area contributed by atoms with Crippen LogP contribution in [0, 0.1) is 0 Å². The monoisotopic (exact) mass is 349 g/mol. The summed E-state index contributed by atoms with van der Waals surface area (Å²) in [7, 11) is 0. The number of hydrogen-bond donors (Lipinski definition) is 2. The zero-order valence-corrected chi connectivity index (χ0v) is 12.5. The third-order valence-electron chi connectivity index (χ3n) is 2.82. The number of hydrogen-bond acceptors (Lipinski definition) is 2. The van der Waals surface area contributed by atoms with Gasteiger partial charge in [0.15, 0.2) is 0 Å². The van der Waals surface area contributed by atoms with Crippen LogP contribution in [0.1, 0.15) is 10.4 Å². The highest BCUT2D eigenvalue weighted by Gasteiger charge is 2.07. The number of rotatable bonds is 2. The summed E-state index contributed by atoms with van der Waals surface area (Å²) in [5, 5.41) is 3.16. The number of anilines is 1. The van der Waals surface area contributed by atoms with E-state index in [1.54, 1.807) is 30.3 Å². The molecule has 100 valence electrons. The van der Waals surface area contributed by atoms with Crippen molar-refractivity contribution >= 4 is 50.2 Å². The molecule has 0 fully saturated rings. The van der Waals surface area contributed by atoms with Crippen molar-refractivity contribution in [3.63, 3.8) is 0 Å². The van der Waals surface area contributed by atoms with Crippen molar-refractivity contribution in [2.45, 2.75) is 0 Å². The normalized spacial score (nSPS) is 10.7. The summed E-state index contributed by atoms with van der Waals surface area (Å²) in [6.07, 6.45) is 0. The Morgan fingerprint density at radius 1 is 1.20 bits per heavy atom. The molecule has 0 aliphatic rings. The minimum atomic E-state index is -0.164. The molecule has 0 aliphatic heterocycles. The maximum absolute atomic E-state index is 12.1. The number of nitrogens with one attached hydrogen (secondary N) is 2. The molecule has 0 radical (unpaired) electrons. The van der Waals surface area contributed by atoms with Gasteiger partial charge in [0.05, 0.1) is 11.0 Å². The van der Waals surface area contributed by atoms with Gasteiger partial charge in [0, 0.05) is 15.7 Å². The summed E-state index contributed by atoms with van der Waals surface area (Å²) < 4.78 is 0.933. The molecule has 0 bridgehead atoms. The Bertz CT molecular complexity index is 783. The van der Waals surface area contributed by atoms with Crippen molar-refractivity contribution in [1.82, 2.24) is 9.97 Å². The fourth-order valence-corrected chi connectivity index (χ4v) is 2.32. The third-order valence-corrected chi connectivity index (χ3v) is 3.52. The Balaban J connectivity index is 1.84. The number of aromatic amines is 1. The number of fused-ring (bicyclic) bond motifs is 1. The summed E-state index contributed by atoms with van der Waals surface area (Å²) in [4.78, 5) is 19.1. The highest BCUT2D eigenvalue weighted by Crippen LogP contribution is 2.20. The van der Waals surface area contributed by atoms with Crippen molar-refractivity contribution in [1.29, 1.82) is 0 Å². The Morgan fingerprint density at radius 2 is 1.95 bits per heavy atom. The van der Waals surface area contributed by atoms with Crippen LogP contribution in [0.25, 0.3) is 11.0 Å². The quantitative estimate of drug-likeness (QED) is 0.726. The molecule has 1 heterocycles. The van der Waals surface area contributed by atoms with Gasteiger partial charge in [0.25, 0.3) is 5.91 Å². The van der Waals surface area contributed by atoms with Crippen LogP contribution in [0.3, 0.4) is 0 Å². The molecule has 0 atom stereocenters. The number of nitrogens with zero attached hydrogens (tertiary/aromatic N) is 1. The van der Waals surface area contributed by atoms with Crippen LogP contribution in [-0.4, -0.2) is 15.9 Å². The van der Waals surface area contributed by atoms with Crippen LogP contribution in [0.15, 0.2) is 46.9 Å². The lowest BCUT2D eigenvalue weighted by molar-refractivity contribution is 0.102. The molecule has 0 aliphatic carbocycles. The molecule has 0 spiro atoms.